The number of anilines is 1. The fourth-order valence-electron chi connectivity index (χ4n) is 5.20. The predicted molar refractivity (Wildman–Crippen MR) is 149 cm³/mol. The molecule has 3 heteroatoms. The first-order valence-electron chi connectivity index (χ1n) is 12.8. The Balaban J connectivity index is 2.14. The average molecular weight is 458 g/mol. The van der Waals surface area contributed by atoms with Crippen molar-refractivity contribution in [2.75, 3.05) is 12.4 Å². The first-order valence-corrected chi connectivity index (χ1v) is 12.8. The molecule has 0 spiro atoms. The maximum Gasteiger partial charge on any atom is 0.0440 e. The van der Waals surface area contributed by atoms with Crippen LogP contribution in [0.25, 0.3) is 11.1 Å². The highest BCUT2D eigenvalue weighted by Gasteiger charge is 2.19. The van der Waals surface area contributed by atoms with E-state index in [0.29, 0.717) is 12.0 Å². The quantitative estimate of drug-likeness (QED) is 0.251. The molecule has 3 rings (SSSR count). The Morgan fingerprint density at radius 1 is 1.06 bits per heavy atom. The summed E-state index contributed by atoms with van der Waals surface area (Å²) in [5.41, 5.74) is 11.2. The number of rotatable bonds is 10. The van der Waals surface area contributed by atoms with Crippen LogP contribution in [0.15, 0.2) is 59.2 Å². The second-order valence-electron chi connectivity index (χ2n) is 10.4. The number of hydrogen-bond donors (Lipinski definition) is 3. The summed E-state index contributed by atoms with van der Waals surface area (Å²) in [5, 5.41) is 15.4. The summed E-state index contributed by atoms with van der Waals surface area (Å²) in [6.07, 6.45) is 9.72. The summed E-state index contributed by atoms with van der Waals surface area (Å²) in [6, 6.07) is 13.9. The molecular weight excluding hydrogens is 414 g/mol. The highest BCUT2D eigenvalue weighted by atomic mass is 14.9. The first-order chi connectivity index (χ1) is 16.3. The minimum atomic E-state index is 0.447. The van der Waals surface area contributed by atoms with Crippen molar-refractivity contribution in [1.82, 2.24) is 5.32 Å². The van der Waals surface area contributed by atoms with Gasteiger partial charge < -0.3 is 16.0 Å². The van der Waals surface area contributed by atoms with Crippen LogP contribution < -0.4 is 10.6 Å². The lowest BCUT2D eigenvalue weighted by molar-refractivity contribution is 0.730. The Labute approximate surface area is 207 Å². The van der Waals surface area contributed by atoms with Crippen LogP contribution in [0.5, 0.6) is 0 Å². The largest absolute Gasteiger partial charge is 0.382 e. The van der Waals surface area contributed by atoms with Gasteiger partial charge in [-0.25, -0.2) is 0 Å². The van der Waals surface area contributed by atoms with Gasteiger partial charge in [0.1, 0.15) is 0 Å². The standard InChI is InChI=1S/C31H43N3/c1-21(2)14-23(5)29(22(3)4)17-27-16-26(25-11-9-10-24(15-25)20-33-6)18-31(30(27)19-32)34-28-12-7-8-13-28/h9-11,14-16,18-19,22,28,32-34H,7-8,12-13,17,20H2,1-6H3/b29-23-,32-19?. The van der Waals surface area contributed by atoms with Gasteiger partial charge in [-0.1, -0.05) is 73.7 Å². The van der Waals surface area contributed by atoms with Crippen LogP contribution in [0.3, 0.4) is 0 Å². The minimum absolute atomic E-state index is 0.447. The zero-order chi connectivity index (χ0) is 24.7. The van der Waals surface area contributed by atoms with Crippen LogP contribution in [-0.2, 0) is 13.0 Å². The molecule has 1 aliphatic rings. The Morgan fingerprint density at radius 2 is 1.79 bits per heavy atom. The Hall–Kier alpha value is -2.65. The van der Waals surface area contributed by atoms with Gasteiger partial charge in [0, 0.05) is 30.1 Å². The summed E-state index contributed by atoms with van der Waals surface area (Å²) < 4.78 is 0. The molecule has 0 aromatic heterocycles. The summed E-state index contributed by atoms with van der Waals surface area (Å²) in [6.45, 7) is 12.0. The molecule has 1 fully saturated rings. The molecule has 34 heavy (non-hydrogen) atoms. The van der Waals surface area contributed by atoms with Gasteiger partial charge in [-0.05, 0) is 87.4 Å². The number of nitrogens with one attached hydrogen (secondary N) is 3. The van der Waals surface area contributed by atoms with Crippen molar-refractivity contribution in [1.29, 1.82) is 5.41 Å². The van der Waals surface area contributed by atoms with E-state index in [1.807, 2.05) is 7.05 Å². The average Bonchev–Trinajstić information content (AvgIpc) is 3.30. The van der Waals surface area contributed by atoms with Gasteiger partial charge in [-0.15, -0.1) is 0 Å². The molecule has 0 aliphatic heterocycles. The maximum atomic E-state index is 8.33. The molecule has 0 radical (unpaired) electrons. The van der Waals surface area contributed by atoms with Gasteiger partial charge in [0.2, 0.25) is 0 Å². The van der Waals surface area contributed by atoms with E-state index < -0.39 is 0 Å². The lowest BCUT2D eigenvalue weighted by atomic mass is 9.87. The zero-order valence-electron chi connectivity index (χ0n) is 22.0. The highest BCUT2D eigenvalue weighted by Crippen LogP contribution is 2.34. The summed E-state index contributed by atoms with van der Waals surface area (Å²) in [7, 11) is 1.99. The topological polar surface area (TPSA) is 47.9 Å². The van der Waals surface area contributed by atoms with E-state index in [2.05, 4.69) is 87.7 Å². The highest BCUT2D eigenvalue weighted by molar-refractivity contribution is 5.91. The molecule has 0 atom stereocenters. The first kappa shape index (κ1) is 26.0. The second kappa shape index (κ2) is 12.2. The summed E-state index contributed by atoms with van der Waals surface area (Å²) >= 11 is 0. The third kappa shape index (κ3) is 6.70. The number of allylic oxidation sites excluding steroid dienone is 4. The molecule has 3 N–H and O–H groups in total. The van der Waals surface area contributed by atoms with Crippen molar-refractivity contribution >= 4 is 11.9 Å². The van der Waals surface area contributed by atoms with Crippen LogP contribution in [0.4, 0.5) is 5.69 Å². The van der Waals surface area contributed by atoms with Gasteiger partial charge in [0.05, 0.1) is 0 Å². The monoisotopic (exact) mass is 457 g/mol. The molecule has 1 aliphatic carbocycles. The van der Waals surface area contributed by atoms with E-state index in [0.717, 1.165) is 24.2 Å². The third-order valence-corrected chi connectivity index (χ3v) is 6.86. The second-order valence-corrected chi connectivity index (χ2v) is 10.4. The maximum absolute atomic E-state index is 8.33. The minimum Gasteiger partial charge on any atom is -0.382 e. The normalized spacial score (nSPS) is 14.8. The van der Waals surface area contributed by atoms with E-state index in [9.17, 15) is 0 Å². The van der Waals surface area contributed by atoms with Crippen molar-refractivity contribution in [3.8, 4) is 11.1 Å². The van der Waals surface area contributed by atoms with Crippen LogP contribution in [0, 0.1) is 11.3 Å². The van der Waals surface area contributed by atoms with Crippen LogP contribution >= 0.6 is 0 Å². The molecule has 2 aromatic rings. The van der Waals surface area contributed by atoms with Gasteiger partial charge in [0.25, 0.3) is 0 Å². The predicted octanol–water partition coefficient (Wildman–Crippen LogP) is 7.91. The van der Waals surface area contributed by atoms with Gasteiger partial charge in [-0.2, -0.15) is 0 Å². The van der Waals surface area contributed by atoms with E-state index >= 15 is 0 Å². The van der Waals surface area contributed by atoms with Gasteiger partial charge >= 0.3 is 0 Å². The van der Waals surface area contributed by atoms with Crippen molar-refractivity contribution in [2.45, 2.75) is 79.3 Å². The molecule has 0 saturated heterocycles. The smallest absolute Gasteiger partial charge is 0.0440 e. The molecule has 0 bridgehead atoms. The van der Waals surface area contributed by atoms with Crippen molar-refractivity contribution < 1.29 is 0 Å². The van der Waals surface area contributed by atoms with Crippen LogP contribution in [0.2, 0.25) is 0 Å². The molecule has 2 aromatic carbocycles. The Kier molecular flexibility index (Phi) is 9.29. The van der Waals surface area contributed by atoms with E-state index in [-0.39, 0.29) is 0 Å². The van der Waals surface area contributed by atoms with E-state index in [4.69, 9.17) is 5.41 Å². The summed E-state index contributed by atoms with van der Waals surface area (Å²) in [5.74, 6) is 0.447. The third-order valence-electron chi connectivity index (χ3n) is 6.86. The van der Waals surface area contributed by atoms with Crippen molar-refractivity contribution in [3.63, 3.8) is 0 Å². The fraction of sp³-hybridized carbons (Fsp3) is 0.452. The molecule has 0 heterocycles. The van der Waals surface area contributed by atoms with Gasteiger partial charge in [0.15, 0.2) is 0 Å². The molecule has 182 valence electrons. The van der Waals surface area contributed by atoms with Crippen LogP contribution in [-0.4, -0.2) is 19.3 Å². The SMILES string of the molecule is CNCc1cccc(-c2cc(C/C(=C(\C)C=C(C)C)C(C)C)c(C=N)c(NC3CCCC3)c2)c1. The molecule has 0 unspecified atom stereocenters. The molecular formula is C31H43N3. The zero-order valence-corrected chi connectivity index (χ0v) is 22.0. The number of hydrogen-bond acceptors (Lipinski definition) is 3. The van der Waals surface area contributed by atoms with E-state index in [1.54, 1.807) is 6.21 Å². The molecule has 1 saturated carbocycles. The molecule has 0 amide bonds. The summed E-state index contributed by atoms with van der Waals surface area (Å²) in [4.78, 5) is 0. The van der Waals surface area contributed by atoms with Gasteiger partial charge in [-0.3, -0.25) is 0 Å². The van der Waals surface area contributed by atoms with Crippen LogP contribution in [0.1, 0.15) is 77.0 Å². The van der Waals surface area contributed by atoms with Crippen molar-refractivity contribution in [2.24, 2.45) is 5.92 Å². The lowest BCUT2D eigenvalue weighted by Crippen LogP contribution is -2.17. The van der Waals surface area contributed by atoms with E-state index in [1.165, 1.54) is 64.7 Å². The Morgan fingerprint density at radius 3 is 2.41 bits per heavy atom. The fourth-order valence-corrected chi connectivity index (χ4v) is 5.20. The Bertz CT molecular complexity index is 1050. The molecule has 3 nitrogen and oxygen atoms in total. The lowest BCUT2D eigenvalue weighted by Gasteiger charge is -2.22. The van der Waals surface area contributed by atoms with Crippen molar-refractivity contribution in [3.05, 3.63) is 75.9 Å². The number of benzene rings is 2.